The van der Waals surface area contributed by atoms with Crippen molar-refractivity contribution in [2.45, 2.75) is 24.7 Å². The highest BCUT2D eigenvalue weighted by Crippen LogP contribution is 2.20. The predicted octanol–water partition coefficient (Wildman–Crippen LogP) is 2.09. The van der Waals surface area contributed by atoms with Gasteiger partial charge in [0.1, 0.15) is 0 Å². The van der Waals surface area contributed by atoms with Gasteiger partial charge in [-0.25, -0.2) is 4.79 Å². The van der Waals surface area contributed by atoms with Crippen LogP contribution in [0.1, 0.15) is 21.1 Å². The lowest BCUT2D eigenvalue weighted by Gasteiger charge is -2.29. The second kappa shape index (κ2) is 6.44. The van der Waals surface area contributed by atoms with Crippen molar-refractivity contribution in [1.82, 2.24) is 4.90 Å². The van der Waals surface area contributed by atoms with Crippen LogP contribution in [0.15, 0.2) is 29.1 Å². The zero-order chi connectivity index (χ0) is 17.2. The molecule has 0 radical (unpaired) electrons. The molecule has 0 saturated carbocycles. The molecule has 1 aliphatic heterocycles. The lowest BCUT2D eigenvalue weighted by molar-refractivity contribution is 0.112. The minimum atomic E-state index is -4.10. The third kappa shape index (κ3) is 4.18. The minimum absolute atomic E-state index is 0.0452. The Labute approximate surface area is 127 Å². The van der Waals surface area contributed by atoms with E-state index in [1.54, 1.807) is 6.92 Å². The van der Waals surface area contributed by atoms with Gasteiger partial charge in [0.2, 0.25) is 0 Å². The van der Waals surface area contributed by atoms with Crippen molar-refractivity contribution in [2.24, 2.45) is 5.92 Å². The fraction of sp³-hybridized carbons (Fsp3) is 0.500. The summed E-state index contributed by atoms with van der Waals surface area (Å²) in [5.74, 6) is -0.0459. The average molecular weight is 315 g/mol. The number of rotatable bonds is 4. The Balaban J connectivity index is 2.01. The van der Waals surface area contributed by atoms with Crippen molar-refractivity contribution in [3.63, 3.8) is 0 Å². The number of piperidine rings is 1. The number of hydrogen-bond acceptors (Lipinski definition) is 4. The van der Waals surface area contributed by atoms with Crippen molar-refractivity contribution in [2.75, 3.05) is 19.7 Å². The van der Waals surface area contributed by atoms with Crippen LogP contribution in [0, 0.1) is 12.8 Å². The number of likely N-dealkylation sites (tertiary alicyclic amines) is 1. The van der Waals surface area contributed by atoms with Gasteiger partial charge < -0.3 is 10.0 Å². The quantitative estimate of drug-likeness (QED) is 0.860. The molecule has 0 aromatic heterocycles. The summed E-state index contributed by atoms with van der Waals surface area (Å²) < 4.78 is 44.9. The number of carbonyl (C=O) groups is 1. The Morgan fingerprint density at radius 3 is 2.71 bits per heavy atom. The summed E-state index contributed by atoms with van der Waals surface area (Å²) in [6.45, 7) is 2.30. The summed E-state index contributed by atoms with van der Waals surface area (Å²) in [6, 6.07) is 2.25. The number of hydrogen-bond donors (Lipinski definition) is 1. The van der Waals surface area contributed by atoms with Crippen LogP contribution in [0.4, 0.5) is 4.79 Å². The largest absolute Gasteiger partial charge is 0.465 e. The monoisotopic (exact) mass is 315 g/mol. The number of benzene rings is 1. The maximum atomic E-state index is 12.2. The Kier molecular flexibility index (Phi) is 4.02. The third-order valence-electron chi connectivity index (χ3n) is 3.48. The highest BCUT2D eigenvalue weighted by Gasteiger charge is 2.24. The van der Waals surface area contributed by atoms with E-state index in [1.165, 1.54) is 17.0 Å². The van der Waals surface area contributed by atoms with Crippen LogP contribution in [-0.2, 0) is 14.3 Å². The van der Waals surface area contributed by atoms with Crippen LogP contribution in [0.5, 0.6) is 0 Å². The van der Waals surface area contributed by atoms with Crippen molar-refractivity contribution < 1.29 is 25.2 Å². The molecule has 2 rings (SSSR count). The zero-order valence-corrected chi connectivity index (χ0v) is 12.5. The van der Waals surface area contributed by atoms with E-state index in [2.05, 4.69) is 0 Å². The smallest absolute Gasteiger partial charge is 0.407 e. The van der Waals surface area contributed by atoms with E-state index in [4.69, 9.17) is 12.0 Å². The summed E-state index contributed by atoms with van der Waals surface area (Å²) in [6.07, 6.45) is 0.0961. The van der Waals surface area contributed by atoms with Crippen LogP contribution in [0.25, 0.3) is 0 Å². The van der Waals surface area contributed by atoms with Gasteiger partial charge in [-0.3, -0.25) is 4.18 Å². The van der Waals surface area contributed by atoms with Crippen LogP contribution in [0.2, 0.25) is 0 Å². The molecule has 1 heterocycles. The fourth-order valence-corrected chi connectivity index (χ4v) is 3.04. The van der Waals surface area contributed by atoms with E-state index in [1.807, 2.05) is 0 Å². The van der Waals surface area contributed by atoms with Gasteiger partial charge in [0.15, 0.2) is 0 Å². The molecule has 0 aliphatic carbocycles. The van der Waals surface area contributed by atoms with Gasteiger partial charge in [0.05, 0.1) is 14.2 Å². The summed E-state index contributed by atoms with van der Waals surface area (Å²) >= 11 is 0. The van der Waals surface area contributed by atoms with E-state index in [9.17, 15) is 13.2 Å². The van der Waals surface area contributed by atoms with Crippen molar-refractivity contribution >= 4 is 16.2 Å². The summed E-state index contributed by atoms with van der Waals surface area (Å²) in [5.41, 5.74) is 0.523. The molecular formula is C14H19NO5S. The van der Waals surface area contributed by atoms with E-state index in [-0.39, 0.29) is 29.5 Å². The van der Waals surface area contributed by atoms with Crippen LogP contribution >= 0.6 is 0 Å². The van der Waals surface area contributed by atoms with Crippen LogP contribution in [0.3, 0.4) is 0 Å². The Morgan fingerprint density at radius 2 is 2.10 bits per heavy atom. The molecule has 7 heteroatoms. The topological polar surface area (TPSA) is 83.9 Å². The maximum Gasteiger partial charge on any atom is 0.407 e. The molecular weight excluding hydrogens is 294 g/mol. The number of nitrogens with zero attached hydrogens (tertiary/aromatic N) is 1. The molecule has 1 fully saturated rings. The van der Waals surface area contributed by atoms with Gasteiger partial charge in [-0.1, -0.05) is 17.7 Å². The van der Waals surface area contributed by atoms with Crippen molar-refractivity contribution in [3.8, 4) is 0 Å². The molecule has 1 N–H and O–H groups in total. The lowest BCUT2D eigenvalue weighted by Crippen LogP contribution is -2.38. The van der Waals surface area contributed by atoms with Crippen LogP contribution < -0.4 is 0 Å². The van der Waals surface area contributed by atoms with E-state index in [0.29, 0.717) is 31.5 Å². The Morgan fingerprint density at radius 1 is 1.43 bits per heavy atom. The van der Waals surface area contributed by atoms with Crippen LogP contribution in [-0.4, -0.2) is 44.2 Å². The number of carboxylic acid groups (broad SMARTS) is 1. The van der Waals surface area contributed by atoms with E-state index < -0.39 is 16.2 Å². The van der Waals surface area contributed by atoms with Gasteiger partial charge >= 0.3 is 6.09 Å². The van der Waals surface area contributed by atoms with Gasteiger partial charge in [0.25, 0.3) is 10.1 Å². The van der Waals surface area contributed by atoms with Crippen molar-refractivity contribution in [3.05, 3.63) is 29.8 Å². The standard InChI is InChI=1S/C14H19NO5S/c1-11-2-4-13(5-3-11)21(18,19)20-10-12-6-8-15(9-7-12)14(16)17/h2-5,12H,6-10H2,1H3,(H,16,17)/i2D,4D. The molecule has 1 amide bonds. The van der Waals surface area contributed by atoms with Gasteiger partial charge in [0, 0.05) is 13.1 Å². The molecule has 6 nitrogen and oxygen atoms in total. The highest BCUT2D eigenvalue weighted by molar-refractivity contribution is 7.86. The van der Waals surface area contributed by atoms with Crippen molar-refractivity contribution in [1.29, 1.82) is 0 Å². The fourth-order valence-electron chi connectivity index (χ4n) is 2.13. The summed E-state index contributed by atoms with van der Waals surface area (Å²) in [4.78, 5) is 11.8. The maximum absolute atomic E-state index is 12.2. The molecule has 1 saturated heterocycles. The van der Waals surface area contributed by atoms with E-state index in [0.717, 1.165) is 0 Å². The molecule has 21 heavy (non-hydrogen) atoms. The van der Waals surface area contributed by atoms with Gasteiger partial charge in [-0.2, -0.15) is 8.42 Å². The normalized spacial score (nSPS) is 18.2. The third-order valence-corrected chi connectivity index (χ3v) is 4.70. The summed E-state index contributed by atoms with van der Waals surface area (Å²) in [5, 5.41) is 8.87. The molecule has 0 spiro atoms. The molecule has 1 aromatic rings. The first-order valence-corrected chi connectivity index (χ1v) is 8.07. The number of aryl methyl sites for hydroxylation is 1. The minimum Gasteiger partial charge on any atom is -0.465 e. The van der Waals surface area contributed by atoms with Gasteiger partial charge in [-0.05, 0) is 37.8 Å². The average Bonchev–Trinajstić information content (AvgIpc) is 2.51. The van der Waals surface area contributed by atoms with E-state index >= 15 is 0 Å². The first-order valence-electron chi connectivity index (χ1n) is 7.66. The second-order valence-electron chi connectivity index (χ2n) is 5.08. The first kappa shape index (κ1) is 13.1. The first-order chi connectivity index (χ1) is 10.7. The molecule has 0 atom stereocenters. The summed E-state index contributed by atoms with van der Waals surface area (Å²) in [7, 11) is -4.10. The Bertz CT molecular complexity index is 699. The SMILES string of the molecule is [2H]c1c(C)ccc(S(=O)(=O)OCC2CCN(C(=O)O)CC2)c1[2H]. The molecule has 0 bridgehead atoms. The molecule has 1 aromatic carbocycles. The Hall–Kier alpha value is -1.60. The molecule has 1 aliphatic rings. The highest BCUT2D eigenvalue weighted by atomic mass is 32.2. The molecule has 0 unspecified atom stereocenters. The van der Waals surface area contributed by atoms with Gasteiger partial charge in [-0.15, -0.1) is 0 Å². The molecule has 116 valence electrons. The lowest BCUT2D eigenvalue weighted by atomic mass is 9.98. The number of amides is 1. The predicted molar refractivity (Wildman–Crippen MR) is 76.6 cm³/mol. The second-order valence-corrected chi connectivity index (χ2v) is 6.67. The zero-order valence-electron chi connectivity index (χ0n) is 13.7.